The summed E-state index contributed by atoms with van der Waals surface area (Å²) >= 11 is 0. The Balaban J connectivity index is 0. The minimum atomic E-state index is -1.50. The Labute approximate surface area is 36.0 Å². The molecule has 0 aromatic rings. The predicted octanol–water partition coefficient (Wildman–Crippen LogP) is -0.353. The van der Waals surface area contributed by atoms with Crippen LogP contribution in [-0.4, -0.2) is 4.89 Å². The van der Waals surface area contributed by atoms with Crippen molar-refractivity contribution < 1.29 is 26.5 Å². The topological polar surface area (TPSA) is 37.3 Å². The Morgan fingerprint density at radius 2 is 1.75 bits per heavy atom. The smallest absolute Gasteiger partial charge is 0.177 e. The molecule has 0 aromatic heterocycles. The zero-order chi connectivity index (χ0) is 2.71. The van der Waals surface area contributed by atoms with E-state index in [9.17, 15) is 0 Å². The monoisotopic (exact) mass is 129 g/mol. The Morgan fingerprint density at radius 3 is 1.75 bits per heavy atom. The van der Waals surface area contributed by atoms with E-state index in [0.29, 0.717) is 0 Å². The van der Waals surface area contributed by atoms with Crippen molar-refractivity contribution in [3.63, 3.8) is 0 Å². The second-order valence-corrected chi connectivity index (χ2v) is 0.316. The molecule has 0 fully saturated rings. The van der Waals surface area contributed by atoms with Crippen LogP contribution in [0.5, 0.6) is 0 Å². The van der Waals surface area contributed by atoms with Gasteiger partial charge < -0.3 is 4.89 Å². The fraction of sp³-hybridized carbons (Fsp3) is 0. The molecule has 0 spiro atoms. The summed E-state index contributed by atoms with van der Waals surface area (Å²) in [7, 11) is -1.50. The molecular weight excluding hydrogens is 127 g/mol. The third-order valence-electron chi connectivity index (χ3n) is 0. The van der Waals surface area contributed by atoms with Gasteiger partial charge in [-0.25, -0.2) is 0 Å². The van der Waals surface area contributed by atoms with Crippen LogP contribution in [0.3, 0.4) is 0 Å². The summed E-state index contributed by atoms with van der Waals surface area (Å²) in [4.78, 5) is 7.10. The zero-order valence-corrected chi connectivity index (χ0v) is 3.83. The number of hydrogen-bond donors (Lipinski definition) is 1. The van der Waals surface area contributed by atoms with Gasteiger partial charge in [0.1, 0.15) is 0 Å². The van der Waals surface area contributed by atoms with Gasteiger partial charge in [0, 0.05) is 17.1 Å². The maximum atomic E-state index is 8.57. The van der Waals surface area contributed by atoms with Crippen molar-refractivity contribution in [1.82, 2.24) is 0 Å². The van der Waals surface area contributed by atoms with Crippen LogP contribution in [-0.2, 0) is 21.6 Å². The zero-order valence-electron chi connectivity index (χ0n) is 1.73. The van der Waals surface area contributed by atoms with E-state index in [1.807, 2.05) is 0 Å². The number of hydrogen-bond acceptors (Lipinski definition) is 1. The maximum Gasteiger partial charge on any atom is 0.177 e. The summed E-state index contributed by atoms with van der Waals surface area (Å²) in [6.45, 7) is 0. The molecule has 1 N–H and O–H groups in total. The Hall–Kier alpha value is 0.709. The molecule has 31 valence electrons. The van der Waals surface area contributed by atoms with Gasteiger partial charge in [-0.1, -0.05) is 0 Å². The molecule has 1 atom stereocenters. The van der Waals surface area contributed by atoms with Gasteiger partial charge in [0.15, 0.2) is 8.69 Å². The van der Waals surface area contributed by atoms with Gasteiger partial charge in [0.05, 0.1) is 0 Å². The molecule has 0 aromatic carbocycles. The molecule has 0 aliphatic carbocycles. The molecule has 4 heteroatoms. The van der Waals surface area contributed by atoms with E-state index in [1.54, 1.807) is 0 Å². The molecule has 0 aliphatic heterocycles. The molecule has 0 aliphatic rings. The van der Waals surface area contributed by atoms with E-state index in [2.05, 4.69) is 0 Å². The van der Waals surface area contributed by atoms with Gasteiger partial charge in [-0.05, 0) is 0 Å². The average molecular weight is 130 g/mol. The van der Waals surface area contributed by atoms with Crippen LogP contribution in [0.4, 0.5) is 0 Å². The van der Waals surface area contributed by atoms with Crippen molar-refractivity contribution in [2.75, 3.05) is 0 Å². The number of rotatable bonds is 0. The van der Waals surface area contributed by atoms with Crippen molar-refractivity contribution in [2.45, 2.75) is 0 Å². The van der Waals surface area contributed by atoms with Crippen molar-refractivity contribution in [2.24, 2.45) is 0 Å². The van der Waals surface area contributed by atoms with Gasteiger partial charge in [0.25, 0.3) is 0 Å². The molecule has 0 amide bonds. The fourth-order valence-corrected chi connectivity index (χ4v) is 0. The second kappa shape index (κ2) is 9.32. The van der Waals surface area contributed by atoms with Crippen LogP contribution in [0.25, 0.3) is 0 Å². The molecule has 0 saturated heterocycles. The van der Waals surface area contributed by atoms with E-state index in [4.69, 9.17) is 9.46 Å². The van der Waals surface area contributed by atoms with Crippen molar-refractivity contribution >= 4 is 8.69 Å². The van der Waals surface area contributed by atoms with E-state index in [0.717, 1.165) is 0 Å². The summed E-state index contributed by atoms with van der Waals surface area (Å²) in [6, 6.07) is 0. The molecule has 1 unspecified atom stereocenters. The molecule has 0 rings (SSSR count). The summed E-state index contributed by atoms with van der Waals surface area (Å²) in [5.41, 5.74) is 0. The van der Waals surface area contributed by atoms with Gasteiger partial charge in [-0.2, -0.15) is 0 Å². The van der Waals surface area contributed by atoms with E-state index in [1.165, 1.54) is 0 Å². The summed E-state index contributed by atoms with van der Waals surface area (Å²) in [5.74, 6) is 0. The van der Waals surface area contributed by atoms with E-state index >= 15 is 0 Å². The predicted molar refractivity (Wildman–Crippen MR) is 12.6 cm³/mol. The van der Waals surface area contributed by atoms with Crippen LogP contribution in [0, 0.1) is 0 Å². The Kier molecular flexibility index (Phi) is 20.6. The van der Waals surface area contributed by atoms with Crippen molar-refractivity contribution in [3.05, 3.63) is 0 Å². The normalized spacial score (nSPS) is 7.25. The Morgan fingerprint density at radius 1 is 1.75 bits per heavy atom. The molecule has 0 heterocycles. The minimum absolute atomic E-state index is 0. The molecule has 1 radical (unpaired) electrons. The largest absolute Gasteiger partial charge is 0.348 e. The molecule has 2 nitrogen and oxygen atoms in total. The van der Waals surface area contributed by atoms with E-state index in [-0.39, 0.29) is 17.1 Å². The van der Waals surface area contributed by atoms with Crippen molar-refractivity contribution in [3.8, 4) is 0 Å². The standard InChI is InChI=1S/Cu.H3O2P/c;1-3-2/h;3H2,(H,1,2). The molecule has 0 saturated carbocycles. The Bertz CT molecular complexity index is 13.5. The third kappa shape index (κ3) is 15.7. The van der Waals surface area contributed by atoms with Gasteiger partial charge in [-0.3, -0.25) is 4.57 Å². The summed E-state index contributed by atoms with van der Waals surface area (Å²) in [6.07, 6.45) is 0. The first-order valence-electron chi connectivity index (χ1n) is 0.494. The molecule has 4 heavy (non-hydrogen) atoms. The summed E-state index contributed by atoms with van der Waals surface area (Å²) < 4.78 is 8.57. The average Bonchev–Trinajstić information content (AvgIpc) is 0.918. The second-order valence-electron chi connectivity index (χ2n) is 0.105. The van der Waals surface area contributed by atoms with Gasteiger partial charge in [-0.15, -0.1) is 0 Å². The first-order valence-corrected chi connectivity index (χ1v) is 1.48. The summed E-state index contributed by atoms with van der Waals surface area (Å²) in [5, 5.41) is 0. The fourth-order valence-electron chi connectivity index (χ4n) is 0. The third-order valence-corrected chi connectivity index (χ3v) is 0. The first-order chi connectivity index (χ1) is 1.41. The maximum absolute atomic E-state index is 8.57. The first kappa shape index (κ1) is 8.83. The van der Waals surface area contributed by atoms with Crippen LogP contribution < -0.4 is 0 Å². The van der Waals surface area contributed by atoms with E-state index < -0.39 is 8.69 Å². The van der Waals surface area contributed by atoms with Gasteiger partial charge in [0.2, 0.25) is 0 Å². The van der Waals surface area contributed by atoms with Crippen LogP contribution in [0.1, 0.15) is 0 Å². The van der Waals surface area contributed by atoms with Crippen molar-refractivity contribution in [1.29, 1.82) is 0 Å². The SMILES string of the molecule is O=[PH2]O.[Cu]. The van der Waals surface area contributed by atoms with Gasteiger partial charge >= 0.3 is 0 Å². The van der Waals surface area contributed by atoms with Crippen LogP contribution in [0.15, 0.2) is 0 Å². The molecular formula is H3CuO2P. The quantitative estimate of drug-likeness (QED) is 0.359. The molecule has 0 bridgehead atoms. The minimum Gasteiger partial charge on any atom is -0.348 e. The van der Waals surface area contributed by atoms with Crippen LogP contribution >= 0.6 is 8.69 Å². The van der Waals surface area contributed by atoms with Crippen LogP contribution in [0.2, 0.25) is 0 Å².